The lowest BCUT2D eigenvalue weighted by Gasteiger charge is -2.22. The van der Waals surface area contributed by atoms with Crippen molar-refractivity contribution in [3.05, 3.63) is 113 Å². The van der Waals surface area contributed by atoms with Crippen LogP contribution in [0, 0.1) is 6.92 Å². The zero-order valence-electron chi connectivity index (χ0n) is 33.2. The number of fused-ring (bicyclic) bond motifs is 4. The smallest absolute Gasteiger partial charge is 0.260 e. The van der Waals surface area contributed by atoms with E-state index < -0.39 is 0 Å². The molecule has 4 heterocycles. The molecule has 57 heavy (non-hydrogen) atoms. The lowest BCUT2D eigenvalue weighted by molar-refractivity contribution is 0.0809. The van der Waals surface area contributed by atoms with Crippen molar-refractivity contribution >= 4 is 52.5 Å². The van der Waals surface area contributed by atoms with Crippen molar-refractivity contribution in [1.82, 2.24) is 9.80 Å². The van der Waals surface area contributed by atoms with Crippen LogP contribution in [-0.2, 0) is 0 Å². The van der Waals surface area contributed by atoms with Crippen molar-refractivity contribution in [2.24, 2.45) is 9.98 Å². The van der Waals surface area contributed by atoms with E-state index in [2.05, 4.69) is 50.4 Å². The van der Waals surface area contributed by atoms with Crippen LogP contribution in [0.5, 0.6) is 23.0 Å². The van der Waals surface area contributed by atoms with Gasteiger partial charge in [-0.1, -0.05) is 24.3 Å². The average molecular weight is 766 g/mol. The zero-order valence-corrected chi connectivity index (χ0v) is 33.2. The largest absolute Gasteiger partial charge is 0.497 e. The molecular weight excluding hydrogens is 719 g/mol. The third-order valence-corrected chi connectivity index (χ3v) is 10.5. The van der Waals surface area contributed by atoms with Gasteiger partial charge in [0.2, 0.25) is 0 Å². The van der Waals surface area contributed by atoms with Crippen molar-refractivity contribution in [2.75, 3.05) is 32.8 Å². The van der Waals surface area contributed by atoms with Gasteiger partial charge in [0.05, 0.1) is 62.0 Å². The molecular formula is C46H47N5O6. The Balaban J connectivity index is 0.884. The maximum Gasteiger partial charge on any atom is 0.260 e. The molecule has 0 bridgehead atoms. The summed E-state index contributed by atoms with van der Waals surface area (Å²) in [4.78, 5) is 40.6. The van der Waals surface area contributed by atoms with Gasteiger partial charge in [-0.2, -0.15) is 0 Å². The molecule has 0 aliphatic carbocycles. The molecule has 2 atom stereocenters. The summed E-state index contributed by atoms with van der Waals surface area (Å²) >= 11 is 0. The van der Waals surface area contributed by atoms with E-state index in [0.717, 1.165) is 39.3 Å². The van der Waals surface area contributed by atoms with Gasteiger partial charge >= 0.3 is 0 Å². The lowest BCUT2D eigenvalue weighted by Crippen LogP contribution is -2.32. The first kappa shape index (κ1) is 37.6. The normalized spacial score (nSPS) is 18.1. The first-order valence-corrected chi connectivity index (χ1v) is 19.3. The number of aliphatic imine (C=N–C) groups is 2. The van der Waals surface area contributed by atoms with E-state index in [1.54, 1.807) is 36.2 Å². The molecule has 0 aromatic heterocycles. The summed E-state index contributed by atoms with van der Waals surface area (Å²) in [6.45, 7) is 9.05. The Hall–Kier alpha value is -6.36. The summed E-state index contributed by atoms with van der Waals surface area (Å²) in [5, 5.41) is 3.49. The Morgan fingerprint density at radius 1 is 0.684 bits per heavy atom. The molecule has 1 N–H and O–H groups in total. The highest BCUT2D eigenvalue weighted by Gasteiger charge is 2.35. The Morgan fingerprint density at radius 3 is 1.75 bits per heavy atom. The molecule has 4 aromatic rings. The van der Waals surface area contributed by atoms with E-state index in [0.29, 0.717) is 72.2 Å². The van der Waals surface area contributed by atoms with Gasteiger partial charge in [-0.3, -0.25) is 19.6 Å². The van der Waals surface area contributed by atoms with Gasteiger partial charge in [0, 0.05) is 67.5 Å². The second-order valence-electron chi connectivity index (χ2n) is 15.7. The molecule has 4 aliphatic heterocycles. The van der Waals surface area contributed by atoms with Crippen LogP contribution >= 0.6 is 0 Å². The van der Waals surface area contributed by atoms with E-state index in [-0.39, 0.29) is 29.4 Å². The number of methoxy groups -OCH3 is 2. The Kier molecular flexibility index (Phi) is 10.1. The molecule has 0 fully saturated rings. The van der Waals surface area contributed by atoms with Crippen LogP contribution in [0.1, 0.15) is 77.4 Å². The number of carbonyl (C=O) groups excluding carboxylic acids is 2. The van der Waals surface area contributed by atoms with E-state index in [1.165, 1.54) is 0 Å². The van der Waals surface area contributed by atoms with Crippen molar-refractivity contribution in [2.45, 2.75) is 64.6 Å². The fraction of sp³-hybridized carbons (Fsp3) is 0.304. The van der Waals surface area contributed by atoms with Crippen molar-refractivity contribution in [3.8, 4) is 23.0 Å². The molecule has 292 valence electrons. The van der Waals surface area contributed by atoms with E-state index in [4.69, 9.17) is 28.9 Å². The molecule has 0 spiro atoms. The number of rotatable bonds is 11. The summed E-state index contributed by atoms with van der Waals surface area (Å²) in [6.07, 6.45) is 9.48. The molecule has 0 saturated carbocycles. The quantitative estimate of drug-likeness (QED) is 0.152. The predicted molar refractivity (Wildman–Crippen MR) is 224 cm³/mol. The van der Waals surface area contributed by atoms with Crippen LogP contribution in [-0.4, -0.2) is 79.1 Å². The predicted octanol–water partition coefficient (Wildman–Crippen LogP) is 9.01. The van der Waals surface area contributed by atoms with E-state index in [9.17, 15) is 9.59 Å². The first-order chi connectivity index (χ1) is 27.5. The van der Waals surface area contributed by atoms with Crippen LogP contribution in [0.25, 0.3) is 11.1 Å². The second kappa shape index (κ2) is 15.3. The molecule has 0 saturated heterocycles. The summed E-state index contributed by atoms with van der Waals surface area (Å²) in [7, 11) is 3.21. The van der Waals surface area contributed by atoms with Crippen LogP contribution in [0.15, 0.2) is 95.2 Å². The number of carbonyl (C=O) groups is 2. The summed E-state index contributed by atoms with van der Waals surface area (Å²) in [5.41, 5.74) is 8.28. The van der Waals surface area contributed by atoms with Crippen molar-refractivity contribution in [3.63, 3.8) is 0 Å². The monoisotopic (exact) mass is 765 g/mol. The minimum absolute atomic E-state index is 0.0326. The topological polar surface area (TPSA) is 114 Å². The molecule has 11 heteroatoms. The number of hydrogen-bond acceptors (Lipinski definition) is 9. The number of hydrogen-bond donors (Lipinski definition) is 1. The van der Waals surface area contributed by atoms with Gasteiger partial charge < -0.3 is 34.1 Å². The van der Waals surface area contributed by atoms with Crippen LogP contribution in [0.2, 0.25) is 0 Å². The zero-order chi connectivity index (χ0) is 39.8. The molecule has 2 amide bonds. The second-order valence-corrected chi connectivity index (χ2v) is 15.7. The van der Waals surface area contributed by atoms with Gasteiger partial charge in [-0.05, 0) is 91.9 Å². The maximum atomic E-state index is 13.9. The summed E-state index contributed by atoms with van der Waals surface area (Å²) in [6, 6.07) is 23.0. The highest BCUT2D eigenvalue weighted by Crippen LogP contribution is 2.41. The molecule has 4 aromatic carbocycles. The third-order valence-electron chi connectivity index (χ3n) is 10.5. The van der Waals surface area contributed by atoms with Crippen molar-refractivity contribution in [1.29, 1.82) is 0 Å². The summed E-state index contributed by atoms with van der Waals surface area (Å²) < 4.78 is 23.3. The molecule has 0 unspecified atom stereocenters. The third kappa shape index (κ3) is 7.74. The molecule has 8 rings (SSSR count). The Labute approximate surface area is 333 Å². The minimum atomic E-state index is -0.188. The highest BCUT2D eigenvalue weighted by molar-refractivity contribution is 6.06. The van der Waals surface area contributed by atoms with Crippen molar-refractivity contribution < 1.29 is 28.5 Å². The molecule has 0 radical (unpaired) electrons. The van der Waals surface area contributed by atoms with Gasteiger partial charge in [0.15, 0.2) is 11.5 Å². The fourth-order valence-electron chi connectivity index (χ4n) is 7.58. The lowest BCUT2D eigenvalue weighted by atomic mass is 10.0. The number of amides is 2. The number of anilines is 1. The van der Waals surface area contributed by atoms with Gasteiger partial charge in [0.25, 0.3) is 11.8 Å². The van der Waals surface area contributed by atoms with Crippen LogP contribution in [0.3, 0.4) is 0 Å². The van der Waals surface area contributed by atoms with Gasteiger partial charge in [-0.15, -0.1) is 0 Å². The highest BCUT2D eigenvalue weighted by atomic mass is 16.5. The Morgan fingerprint density at radius 2 is 1.21 bits per heavy atom. The van der Waals surface area contributed by atoms with Crippen LogP contribution in [0.4, 0.5) is 17.1 Å². The van der Waals surface area contributed by atoms with E-state index >= 15 is 0 Å². The number of nitrogens with zero attached hydrogens (tertiary/aromatic N) is 4. The SMILES string of the molecule is COc1ccc(C2=CN3C(=O)c4cc(C)c(OCCCOc5cc6c(cc5OC)C(=O)N5C=C(c7ccc(NC(C)(C)C)cc7)C[C@H]5C=N6)cc4N=C[C@@H]3C2)cc1. The number of benzene rings is 4. The fourth-order valence-corrected chi connectivity index (χ4v) is 7.58. The minimum Gasteiger partial charge on any atom is -0.497 e. The molecule has 11 nitrogen and oxygen atoms in total. The molecule has 4 aliphatic rings. The maximum absolute atomic E-state index is 13.9. The van der Waals surface area contributed by atoms with Crippen LogP contribution < -0.4 is 24.3 Å². The Bertz CT molecular complexity index is 2340. The number of aryl methyl sites for hydroxylation is 1. The number of ether oxygens (including phenoxy) is 4. The van der Waals surface area contributed by atoms with E-state index in [1.807, 2.05) is 68.2 Å². The first-order valence-electron chi connectivity index (χ1n) is 19.3. The summed E-state index contributed by atoms with van der Waals surface area (Å²) in [5.74, 6) is 2.19. The van der Waals surface area contributed by atoms with Gasteiger partial charge in [0.1, 0.15) is 11.5 Å². The average Bonchev–Trinajstić information content (AvgIpc) is 3.78. The standard InChI is InChI=1S/C46H47N5O6/c1-28-18-37-39(47-24-34-20-32(27-50(34)44(37)52)30-10-14-36(54-5)15-11-30)22-41(28)56-16-7-17-57-43-23-40-38(21-42(43)55-6)45(53)51-26-31(19-35(51)25-48-40)29-8-12-33(13-9-29)49-46(2,3)4/h8-15,18,21-27,34-35,49H,7,16-17,19-20H2,1-6H3/t34-,35-/m0/s1. The van der Waals surface area contributed by atoms with Gasteiger partial charge in [-0.25, -0.2) is 0 Å². The number of nitrogens with one attached hydrogen (secondary N) is 1.